The van der Waals surface area contributed by atoms with Gasteiger partial charge in [0.15, 0.2) is 0 Å². The van der Waals surface area contributed by atoms with Crippen LogP contribution in [-0.4, -0.2) is 29.8 Å². The number of carbonyl (C=O) groups excluding carboxylic acids is 2. The Morgan fingerprint density at radius 2 is 2.23 bits per heavy atom. The summed E-state index contributed by atoms with van der Waals surface area (Å²) in [6.07, 6.45) is 2.16. The molecule has 0 bridgehead atoms. The quantitative estimate of drug-likeness (QED) is 0.677. The number of rotatable bonds is 3. The Hall–Kier alpha value is -1.06. The average Bonchev–Trinajstić information content (AvgIpc) is 2.52. The highest BCUT2D eigenvalue weighted by Gasteiger charge is 2.28. The van der Waals surface area contributed by atoms with Crippen molar-refractivity contribution in [1.29, 1.82) is 0 Å². The molecule has 13 heavy (non-hydrogen) atoms. The van der Waals surface area contributed by atoms with Gasteiger partial charge in [-0.25, -0.2) is 0 Å². The van der Waals surface area contributed by atoms with Gasteiger partial charge in [-0.3, -0.25) is 9.59 Å². The summed E-state index contributed by atoms with van der Waals surface area (Å²) in [5, 5.41) is 0. The number of amides is 2. The van der Waals surface area contributed by atoms with Crippen molar-refractivity contribution in [3.63, 3.8) is 0 Å². The van der Waals surface area contributed by atoms with Gasteiger partial charge >= 0.3 is 0 Å². The van der Waals surface area contributed by atoms with Gasteiger partial charge in [0, 0.05) is 19.5 Å². The van der Waals surface area contributed by atoms with E-state index in [1.54, 1.807) is 4.90 Å². The first-order chi connectivity index (χ1) is 6.15. The summed E-state index contributed by atoms with van der Waals surface area (Å²) in [5.74, 6) is -0.265. The highest BCUT2D eigenvalue weighted by Crippen LogP contribution is 2.16. The first kappa shape index (κ1) is 10.0. The molecule has 0 aromatic carbocycles. The van der Waals surface area contributed by atoms with Gasteiger partial charge in [0.05, 0.1) is 5.92 Å². The molecule has 4 heteroatoms. The molecule has 1 unspecified atom stereocenters. The van der Waals surface area contributed by atoms with E-state index in [1.807, 2.05) is 6.92 Å². The van der Waals surface area contributed by atoms with Crippen LogP contribution in [0.25, 0.3) is 0 Å². The van der Waals surface area contributed by atoms with Crippen molar-refractivity contribution in [3.8, 4) is 0 Å². The molecule has 0 aromatic heterocycles. The lowest BCUT2D eigenvalue weighted by molar-refractivity contribution is -0.130. The maximum Gasteiger partial charge on any atom is 0.222 e. The van der Waals surface area contributed by atoms with Crippen molar-refractivity contribution in [2.45, 2.75) is 26.2 Å². The van der Waals surface area contributed by atoms with Gasteiger partial charge in [0.2, 0.25) is 11.8 Å². The number of likely N-dealkylation sites (tertiary alicyclic amines) is 1. The van der Waals surface area contributed by atoms with Crippen molar-refractivity contribution in [2.75, 3.05) is 13.1 Å². The van der Waals surface area contributed by atoms with Crippen LogP contribution in [0, 0.1) is 5.92 Å². The van der Waals surface area contributed by atoms with E-state index in [9.17, 15) is 9.59 Å². The Bertz CT molecular complexity index is 216. The Morgan fingerprint density at radius 1 is 1.54 bits per heavy atom. The first-order valence-electron chi connectivity index (χ1n) is 4.72. The monoisotopic (exact) mass is 184 g/mol. The summed E-state index contributed by atoms with van der Waals surface area (Å²) in [5.41, 5.74) is 5.16. The third kappa shape index (κ3) is 2.44. The molecule has 1 rings (SSSR count). The van der Waals surface area contributed by atoms with Crippen LogP contribution in [0.5, 0.6) is 0 Å². The van der Waals surface area contributed by atoms with Gasteiger partial charge in [0.25, 0.3) is 0 Å². The van der Waals surface area contributed by atoms with E-state index in [0.717, 1.165) is 12.8 Å². The fourth-order valence-electron chi connectivity index (χ4n) is 1.59. The van der Waals surface area contributed by atoms with E-state index in [0.29, 0.717) is 19.5 Å². The third-order valence-electron chi connectivity index (χ3n) is 2.41. The second-order valence-electron chi connectivity index (χ2n) is 3.48. The van der Waals surface area contributed by atoms with Crippen molar-refractivity contribution >= 4 is 11.8 Å². The first-order valence-corrected chi connectivity index (χ1v) is 4.72. The number of nitrogens with two attached hydrogens (primary N) is 1. The minimum absolute atomic E-state index is 0.124. The van der Waals surface area contributed by atoms with Crippen molar-refractivity contribution < 1.29 is 9.59 Å². The molecule has 0 saturated carbocycles. The summed E-state index contributed by atoms with van der Waals surface area (Å²) in [7, 11) is 0. The lowest BCUT2D eigenvalue weighted by atomic mass is 10.1. The van der Waals surface area contributed by atoms with Gasteiger partial charge in [0.1, 0.15) is 0 Å². The number of hydrogen-bond acceptors (Lipinski definition) is 2. The Morgan fingerprint density at radius 3 is 2.69 bits per heavy atom. The van der Waals surface area contributed by atoms with Crippen LogP contribution >= 0.6 is 0 Å². The van der Waals surface area contributed by atoms with Gasteiger partial charge in [-0.1, -0.05) is 6.92 Å². The molecule has 1 saturated heterocycles. The third-order valence-corrected chi connectivity index (χ3v) is 2.41. The molecule has 1 heterocycles. The molecule has 0 spiro atoms. The maximum absolute atomic E-state index is 11.4. The van der Waals surface area contributed by atoms with Crippen molar-refractivity contribution in [3.05, 3.63) is 0 Å². The van der Waals surface area contributed by atoms with Crippen LogP contribution in [0.3, 0.4) is 0 Å². The van der Waals surface area contributed by atoms with Crippen LogP contribution in [0.15, 0.2) is 0 Å². The summed E-state index contributed by atoms with van der Waals surface area (Å²) < 4.78 is 0. The molecule has 0 aromatic rings. The number of primary amides is 1. The van der Waals surface area contributed by atoms with E-state index in [4.69, 9.17) is 5.73 Å². The van der Waals surface area contributed by atoms with E-state index in [-0.39, 0.29) is 17.7 Å². The van der Waals surface area contributed by atoms with E-state index in [1.165, 1.54) is 0 Å². The van der Waals surface area contributed by atoms with Crippen molar-refractivity contribution in [2.24, 2.45) is 11.7 Å². The predicted octanol–water partition coefficient (Wildman–Crippen LogP) is 0.120. The highest BCUT2D eigenvalue weighted by molar-refractivity contribution is 5.80. The Balaban J connectivity index is 2.40. The smallest absolute Gasteiger partial charge is 0.222 e. The molecular formula is C9H16N2O2. The SMILES string of the molecule is CCCC(=O)N1CCC(C(N)=O)C1. The largest absolute Gasteiger partial charge is 0.369 e. The molecule has 1 fully saturated rings. The van der Waals surface area contributed by atoms with Gasteiger partial charge in [-0.05, 0) is 12.8 Å². The summed E-state index contributed by atoms with van der Waals surface area (Å²) in [6, 6.07) is 0. The predicted molar refractivity (Wildman–Crippen MR) is 48.8 cm³/mol. The van der Waals surface area contributed by atoms with E-state index < -0.39 is 0 Å². The molecule has 74 valence electrons. The van der Waals surface area contributed by atoms with E-state index >= 15 is 0 Å². The van der Waals surface area contributed by atoms with Gasteiger partial charge < -0.3 is 10.6 Å². The lowest BCUT2D eigenvalue weighted by Crippen LogP contribution is -2.31. The van der Waals surface area contributed by atoms with Crippen LogP contribution in [0.2, 0.25) is 0 Å². The molecule has 1 aliphatic rings. The fourth-order valence-corrected chi connectivity index (χ4v) is 1.59. The standard InChI is InChI=1S/C9H16N2O2/c1-2-3-8(12)11-5-4-7(6-11)9(10)13/h7H,2-6H2,1H3,(H2,10,13). The zero-order valence-corrected chi connectivity index (χ0v) is 7.95. The van der Waals surface area contributed by atoms with E-state index in [2.05, 4.69) is 0 Å². The number of nitrogens with zero attached hydrogens (tertiary/aromatic N) is 1. The number of hydrogen-bond donors (Lipinski definition) is 1. The van der Waals surface area contributed by atoms with Crippen molar-refractivity contribution in [1.82, 2.24) is 4.90 Å². The molecule has 1 aliphatic heterocycles. The lowest BCUT2D eigenvalue weighted by Gasteiger charge is -2.14. The van der Waals surface area contributed by atoms with Gasteiger partial charge in [-0.15, -0.1) is 0 Å². The summed E-state index contributed by atoms with van der Waals surface area (Å²) >= 11 is 0. The summed E-state index contributed by atoms with van der Waals surface area (Å²) in [6.45, 7) is 3.18. The second kappa shape index (κ2) is 4.25. The number of carbonyl (C=O) groups is 2. The molecular weight excluding hydrogens is 168 g/mol. The zero-order valence-electron chi connectivity index (χ0n) is 7.95. The minimum atomic E-state index is -0.285. The Kier molecular flexibility index (Phi) is 3.28. The maximum atomic E-state index is 11.4. The highest BCUT2D eigenvalue weighted by atomic mass is 16.2. The molecule has 0 aliphatic carbocycles. The fraction of sp³-hybridized carbons (Fsp3) is 0.778. The normalized spacial score (nSPS) is 21.9. The molecule has 0 radical (unpaired) electrons. The minimum Gasteiger partial charge on any atom is -0.369 e. The second-order valence-corrected chi connectivity index (χ2v) is 3.48. The van der Waals surface area contributed by atoms with Crippen LogP contribution in [0.4, 0.5) is 0 Å². The van der Waals surface area contributed by atoms with Crippen LogP contribution in [-0.2, 0) is 9.59 Å². The topological polar surface area (TPSA) is 63.4 Å². The molecule has 4 nitrogen and oxygen atoms in total. The Labute approximate surface area is 78.1 Å². The molecule has 2 amide bonds. The van der Waals surface area contributed by atoms with Gasteiger partial charge in [-0.2, -0.15) is 0 Å². The summed E-state index contributed by atoms with van der Waals surface area (Å²) in [4.78, 5) is 23.9. The zero-order chi connectivity index (χ0) is 9.84. The molecule has 1 atom stereocenters. The van der Waals surface area contributed by atoms with Crippen LogP contribution < -0.4 is 5.73 Å². The average molecular weight is 184 g/mol. The van der Waals surface area contributed by atoms with Crippen LogP contribution in [0.1, 0.15) is 26.2 Å². The molecule has 2 N–H and O–H groups in total.